The molecule has 0 aliphatic heterocycles. The molecule has 4 heteroatoms. The average molecular weight is 290 g/mol. The Bertz CT molecular complexity index is 540. The van der Waals surface area contributed by atoms with Gasteiger partial charge < -0.3 is 11.1 Å². The number of likely N-dealkylation sites (N-methyl/N-ethyl adjacent to an activating group) is 1. The number of nitrogens with one attached hydrogen (secondary N) is 1. The van der Waals surface area contributed by atoms with Crippen LogP contribution >= 0.6 is 11.6 Å². The normalized spacial score (nSPS) is 12.3. The van der Waals surface area contributed by atoms with Crippen LogP contribution in [-0.4, -0.2) is 17.6 Å². The Balaban J connectivity index is 2.07. The number of rotatable bonds is 6. The number of hydrogen-bond acceptors (Lipinski definition) is 3. The van der Waals surface area contributed by atoms with E-state index in [-0.39, 0.29) is 0 Å². The zero-order chi connectivity index (χ0) is 14.4. The topological polar surface area (TPSA) is 50.9 Å². The maximum Gasteiger partial charge on any atom is 0.126 e. The quantitative estimate of drug-likeness (QED) is 0.859. The smallest absolute Gasteiger partial charge is 0.126 e. The summed E-state index contributed by atoms with van der Waals surface area (Å²) < 4.78 is 0. The van der Waals surface area contributed by atoms with E-state index >= 15 is 0 Å². The molecule has 1 unspecified atom stereocenters. The molecule has 0 fully saturated rings. The Kier molecular flexibility index (Phi) is 5.39. The van der Waals surface area contributed by atoms with Crippen LogP contribution in [0.4, 0.5) is 5.82 Å². The van der Waals surface area contributed by atoms with Crippen molar-refractivity contribution >= 4 is 17.4 Å². The van der Waals surface area contributed by atoms with Gasteiger partial charge in [-0.3, -0.25) is 0 Å². The summed E-state index contributed by atoms with van der Waals surface area (Å²) in [7, 11) is 0. The lowest BCUT2D eigenvalue weighted by Crippen LogP contribution is -2.33. The number of aromatic nitrogens is 1. The lowest BCUT2D eigenvalue weighted by atomic mass is 9.99. The van der Waals surface area contributed by atoms with Crippen molar-refractivity contribution in [2.75, 3.05) is 12.3 Å². The average Bonchev–Trinajstić information content (AvgIpc) is 2.44. The number of nitrogens with zero attached hydrogens (tertiary/aromatic N) is 1. The van der Waals surface area contributed by atoms with Gasteiger partial charge in [0.05, 0.1) is 0 Å². The summed E-state index contributed by atoms with van der Waals surface area (Å²) in [5, 5.41) is 4.27. The highest BCUT2D eigenvalue weighted by Crippen LogP contribution is 2.15. The number of benzene rings is 1. The van der Waals surface area contributed by atoms with Crippen LogP contribution in [0.25, 0.3) is 0 Å². The first-order valence-corrected chi connectivity index (χ1v) is 7.24. The molecule has 2 rings (SSSR count). The van der Waals surface area contributed by atoms with E-state index in [0.717, 1.165) is 30.0 Å². The molecule has 0 aliphatic rings. The lowest BCUT2D eigenvalue weighted by Gasteiger charge is -2.18. The molecule has 0 radical (unpaired) electrons. The molecule has 0 bridgehead atoms. The van der Waals surface area contributed by atoms with Crippen molar-refractivity contribution in [2.45, 2.75) is 25.8 Å². The SMILES string of the molecule is CCNC(Cc1ccc(Cl)cc1)Cc1cccnc1N. The molecule has 2 aromatic rings. The Labute approximate surface area is 125 Å². The monoisotopic (exact) mass is 289 g/mol. The molecule has 106 valence electrons. The number of anilines is 1. The minimum atomic E-state index is 0.340. The van der Waals surface area contributed by atoms with Crippen molar-refractivity contribution in [1.82, 2.24) is 10.3 Å². The summed E-state index contributed by atoms with van der Waals surface area (Å²) in [6, 6.07) is 12.3. The summed E-state index contributed by atoms with van der Waals surface area (Å²) in [4.78, 5) is 4.14. The number of pyridine rings is 1. The molecular formula is C16H20ClN3. The van der Waals surface area contributed by atoms with Crippen LogP contribution in [0.2, 0.25) is 5.02 Å². The predicted molar refractivity (Wildman–Crippen MR) is 85.0 cm³/mol. The largest absolute Gasteiger partial charge is 0.383 e. The van der Waals surface area contributed by atoms with Crippen molar-refractivity contribution in [3.63, 3.8) is 0 Å². The first-order chi connectivity index (χ1) is 9.69. The zero-order valence-corrected chi connectivity index (χ0v) is 12.4. The molecule has 1 aromatic heterocycles. The van der Waals surface area contributed by atoms with Crippen LogP contribution in [0.15, 0.2) is 42.6 Å². The Morgan fingerprint density at radius 1 is 1.20 bits per heavy atom. The molecule has 0 spiro atoms. The number of hydrogen-bond donors (Lipinski definition) is 2. The second kappa shape index (κ2) is 7.27. The van der Waals surface area contributed by atoms with Crippen molar-refractivity contribution in [2.24, 2.45) is 0 Å². The van der Waals surface area contributed by atoms with E-state index in [2.05, 4.69) is 29.4 Å². The Morgan fingerprint density at radius 2 is 1.95 bits per heavy atom. The van der Waals surface area contributed by atoms with Crippen LogP contribution in [-0.2, 0) is 12.8 Å². The van der Waals surface area contributed by atoms with E-state index in [1.54, 1.807) is 6.20 Å². The van der Waals surface area contributed by atoms with E-state index in [4.69, 9.17) is 17.3 Å². The lowest BCUT2D eigenvalue weighted by molar-refractivity contribution is 0.521. The van der Waals surface area contributed by atoms with Gasteiger partial charge in [0.1, 0.15) is 5.82 Å². The van der Waals surface area contributed by atoms with E-state index in [9.17, 15) is 0 Å². The van der Waals surface area contributed by atoms with E-state index < -0.39 is 0 Å². The van der Waals surface area contributed by atoms with Crippen LogP contribution < -0.4 is 11.1 Å². The standard InChI is InChI=1S/C16H20ClN3/c1-2-19-15(10-12-5-7-14(17)8-6-12)11-13-4-3-9-20-16(13)18/h3-9,15,19H,2,10-11H2,1H3,(H2,18,20). The van der Waals surface area contributed by atoms with Gasteiger partial charge in [-0.2, -0.15) is 0 Å². The summed E-state index contributed by atoms with van der Waals surface area (Å²) in [5.41, 5.74) is 8.28. The minimum absolute atomic E-state index is 0.340. The van der Waals surface area contributed by atoms with Gasteiger partial charge in [0.25, 0.3) is 0 Å². The molecule has 1 atom stereocenters. The summed E-state index contributed by atoms with van der Waals surface area (Å²) >= 11 is 5.92. The third kappa shape index (κ3) is 4.22. The fourth-order valence-electron chi connectivity index (χ4n) is 2.30. The highest BCUT2D eigenvalue weighted by atomic mass is 35.5. The third-order valence-electron chi connectivity index (χ3n) is 3.28. The second-order valence-electron chi connectivity index (χ2n) is 4.84. The second-order valence-corrected chi connectivity index (χ2v) is 5.27. The number of nitrogen functional groups attached to an aromatic ring is 1. The molecule has 0 amide bonds. The maximum absolute atomic E-state index is 5.92. The van der Waals surface area contributed by atoms with Gasteiger partial charge in [-0.15, -0.1) is 0 Å². The van der Waals surface area contributed by atoms with Crippen molar-refractivity contribution in [3.05, 3.63) is 58.7 Å². The molecule has 3 N–H and O–H groups in total. The molecule has 1 aromatic carbocycles. The van der Waals surface area contributed by atoms with Gasteiger partial charge in [-0.05, 0) is 48.7 Å². The highest BCUT2D eigenvalue weighted by molar-refractivity contribution is 6.30. The fourth-order valence-corrected chi connectivity index (χ4v) is 2.43. The zero-order valence-electron chi connectivity index (χ0n) is 11.6. The van der Waals surface area contributed by atoms with E-state index in [0.29, 0.717) is 11.9 Å². The first kappa shape index (κ1) is 14.8. The fraction of sp³-hybridized carbons (Fsp3) is 0.312. The number of halogens is 1. The van der Waals surface area contributed by atoms with Gasteiger partial charge in [0.2, 0.25) is 0 Å². The summed E-state index contributed by atoms with van der Waals surface area (Å²) in [6.07, 6.45) is 3.54. The van der Waals surface area contributed by atoms with Crippen LogP contribution in [0.5, 0.6) is 0 Å². The molecule has 0 aliphatic carbocycles. The van der Waals surface area contributed by atoms with Crippen LogP contribution in [0.1, 0.15) is 18.1 Å². The minimum Gasteiger partial charge on any atom is -0.383 e. The van der Waals surface area contributed by atoms with E-state index in [1.807, 2.05) is 24.3 Å². The van der Waals surface area contributed by atoms with Crippen molar-refractivity contribution in [1.29, 1.82) is 0 Å². The Morgan fingerprint density at radius 3 is 2.60 bits per heavy atom. The van der Waals surface area contributed by atoms with E-state index in [1.165, 1.54) is 5.56 Å². The van der Waals surface area contributed by atoms with Gasteiger partial charge >= 0.3 is 0 Å². The van der Waals surface area contributed by atoms with Crippen LogP contribution in [0, 0.1) is 0 Å². The molecule has 0 saturated heterocycles. The predicted octanol–water partition coefficient (Wildman–Crippen LogP) is 3.08. The van der Waals surface area contributed by atoms with Crippen LogP contribution in [0.3, 0.4) is 0 Å². The maximum atomic E-state index is 5.92. The molecule has 3 nitrogen and oxygen atoms in total. The Hall–Kier alpha value is -1.58. The highest BCUT2D eigenvalue weighted by Gasteiger charge is 2.11. The molecule has 20 heavy (non-hydrogen) atoms. The molecule has 1 heterocycles. The molecule has 0 saturated carbocycles. The summed E-state index contributed by atoms with van der Waals surface area (Å²) in [6.45, 7) is 3.04. The summed E-state index contributed by atoms with van der Waals surface area (Å²) in [5.74, 6) is 0.617. The van der Waals surface area contributed by atoms with Gasteiger partial charge in [-0.1, -0.05) is 36.7 Å². The third-order valence-corrected chi connectivity index (χ3v) is 3.53. The van der Waals surface area contributed by atoms with Crippen molar-refractivity contribution < 1.29 is 0 Å². The first-order valence-electron chi connectivity index (χ1n) is 6.86. The van der Waals surface area contributed by atoms with Gasteiger partial charge in [0, 0.05) is 17.3 Å². The number of nitrogens with two attached hydrogens (primary N) is 1. The van der Waals surface area contributed by atoms with Gasteiger partial charge in [0.15, 0.2) is 0 Å². The van der Waals surface area contributed by atoms with Gasteiger partial charge in [-0.25, -0.2) is 4.98 Å². The van der Waals surface area contributed by atoms with Crippen molar-refractivity contribution in [3.8, 4) is 0 Å². The molecular weight excluding hydrogens is 270 g/mol.